The largest absolute Gasteiger partial charge is 0.469 e. The van der Waals surface area contributed by atoms with Gasteiger partial charge in [0.15, 0.2) is 0 Å². The van der Waals surface area contributed by atoms with Gasteiger partial charge < -0.3 is 14.9 Å². The lowest BCUT2D eigenvalue weighted by molar-refractivity contribution is -0.140. The van der Waals surface area contributed by atoms with Crippen LogP contribution < -0.4 is 0 Å². The van der Waals surface area contributed by atoms with Crippen molar-refractivity contribution in [2.24, 2.45) is 11.8 Å². The third-order valence-corrected chi connectivity index (χ3v) is 5.38. The van der Waals surface area contributed by atoms with Crippen LogP contribution >= 0.6 is 0 Å². The van der Waals surface area contributed by atoms with Crippen molar-refractivity contribution in [2.45, 2.75) is 89.8 Å². The van der Waals surface area contributed by atoms with Gasteiger partial charge in [-0.2, -0.15) is 0 Å². The zero-order chi connectivity index (χ0) is 19.4. The predicted molar refractivity (Wildman–Crippen MR) is 106 cm³/mol. The smallest absolute Gasteiger partial charge is 0.305 e. The van der Waals surface area contributed by atoms with E-state index in [0.717, 1.165) is 57.8 Å². The van der Waals surface area contributed by atoms with Gasteiger partial charge in [-0.05, 0) is 57.3 Å². The zero-order valence-corrected chi connectivity index (χ0v) is 16.8. The Morgan fingerprint density at radius 1 is 1.23 bits per heavy atom. The van der Waals surface area contributed by atoms with E-state index in [1.54, 1.807) is 0 Å². The first-order valence-corrected chi connectivity index (χ1v) is 10.2. The normalized spacial score (nSPS) is 25.8. The fourth-order valence-corrected chi connectivity index (χ4v) is 3.63. The van der Waals surface area contributed by atoms with Crippen molar-refractivity contribution in [1.82, 2.24) is 0 Å². The summed E-state index contributed by atoms with van der Waals surface area (Å²) in [5.41, 5.74) is -0.753. The first-order chi connectivity index (χ1) is 12.4. The summed E-state index contributed by atoms with van der Waals surface area (Å²) in [7, 11) is 1.41. The summed E-state index contributed by atoms with van der Waals surface area (Å²) in [4.78, 5) is 11.1. The van der Waals surface area contributed by atoms with E-state index in [1.807, 2.05) is 13.0 Å². The van der Waals surface area contributed by atoms with Gasteiger partial charge in [0.25, 0.3) is 0 Å². The molecule has 1 unspecified atom stereocenters. The molecule has 1 saturated carbocycles. The number of carbonyl (C=O) groups is 1. The van der Waals surface area contributed by atoms with Crippen molar-refractivity contribution in [2.75, 3.05) is 7.11 Å². The van der Waals surface area contributed by atoms with Gasteiger partial charge in [0, 0.05) is 6.42 Å². The number of aliphatic hydroxyl groups excluding tert-OH is 1. The molecule has 0 aromatic carbocycles. The van der Waals surface area contributed by atoms with E-state index >= 15 is 0 Å². The minimum absolute atomic E-state index is 0.166. The number of esters is 1. The second kappa shape index (κ2) is 12.3. The molecular weight excluding hydrogens is 328 g/mol. The molecular formula is C22H38O4. The Labute approximate surface area is 159 Å². The van der Waals surface area contributed by atoms with Crippen molar-refractivity contribution < 1.29 is 19.7 Å². The summed E-state index contributed by atoms with van der Waals surface area (Å²) >= 11 is 0. The SMILES string of the molecule is CCCCCC(C)(O)C=C[C@@H]1CC[C@@H](O)[C@@H]1CC=CCCCC(=O)OC. The topological polar surface area (TPSA) is 66.8 Å². The van der Waals surface area contributed by atoms with Crippen LogP contribution in [-0.4, -0.2) is 35.0 Å². The molecule has 0 spiro atoms. The number of aliphatic hydroxyl groups is 2. The Morgan fingerprint density at radius 3 is 2.69 bits per heavy atom. The third kappa shape index (κ3) is 9.00. The highest BCUT2D eigenvalue weighted by Gasteiger charge is 2.32. The van der Waals surface area contributed by atoms with Gasteiger partial charge in [-0.3, -0.25) is 4.79 Å². The number of hydrogen-bond acceptors (Lipinski definition) is 4. The molecule has 1 aliphatic carbocycles. The van der Waals surface area contributed by atoms with E-state index in [4.69, 9.17) is 0 Å². The number of allylic oxidation sites excluding steroid dienone is 3. The number of hydrogen-bond donors (Lipinski definition) is 2. The number of carbonyl (C=O) groups excluding carboxylic acids is 1. The first-order valence-electron chi connectivity index (χ1n) is 10.2. The molecule has 0 aromatic rings. The standard InChI is InChI=1S/C22H38O4/c1-4-5-10-16-22(2,25)17-15-18-13-14-20(23)19(18)11-8-6-7-9-12-21(24)26-3/h6,8,15,17-20,23,25H,4-5,7,9-14,16H2,1-3H3/t18-,19+,20+,22?/m0/s1. The van der Waals surface area contributed by atoms with E-state index in [0.29, 0.717) is 12.3 Å². The van der Waals surface area contributed by atoms with Gasteiger partial charge in [-0.1, -0.05) is 50.5 Å². The average Bonchev–Trinajstić information content (AvgIpc) is 2.96. The predicted octanol–water partition coefficient (Wildman–Crippen LogP) is 4.55. The zero-order valence-electron chi connectivity index (χ0n) is 16.8. The lowest BCUT2D eigenvalue weighted by Gasteiger charge is -2.22. The minimum atomic E-state index is -0.753. The van der Waals surface area contributed by atoms with Crippen LogP contribution in [0.3, 0.4) is 0 Å². The molecule has 150 valence electrons. The van der Waals surface area contributed by atoms with Crippen LogP contribution in [0.1, 0.15) is 78.1 Å². The highest BCUT2D eigenvalue weighted by Crippen LogP contribution is 2.36. The van der Waals surface area contributed by atoms with Crippen molar-refractivity contribution in [3.63, 3.8) is 0 Å². The van der Waals surface area contributed by atoms with E-state index < -0.39 is 5.60 Å². The minimum Gasteiger partial charge on any atom is -0.469 e. The Balaban J connectivity index is 2.43. The molecule has 1 fully saturated rings. The van der Waals surface area contributed by atoms with Gasteiger partial charge in [-0.25, -0.2) is 0 Å². The highest BCUT2D eigenvalue weighted by atomic mass is 16.5. The summed E-state index contributed by atoms with van der Waals surface area (Å²) in [5, 5.41) is 20.8. The van der Waals surface area contributed by atoms with Gasteiger partial charge >= 0.3 is 5.97 Å². The van der Waals surface area contributed by atoms with E-state index in [9.17, 15) is 15.0 Å². The van der Waals surface area contributed by atoms with Crippen LogP contribution in [0.5, 0.6) is 0 Å². The van der Waals surface area contributed by atoms with E-state index in [1.165, 1.54) is 7.11 Å². The van der Waals surface area contributed by atoms with Crippen molar-refractivity contribution in [1.29, 1.82) is 0 Å². The molecule has 0 aromatic heterocycles. The Hall–Kier alpha value is -1.13. The summed E-state index contributed by atoms with van der Waals surface area (Å²) in [5.74, 6) is 0.373. The molecule has 1 aliphatic rings. The highest BCUT2D eigenvalue weighted by molar-refractivity contribution is 5.69. The fourth-order valence-electron chi connectivity index (χ4n) is 3.63. The second-order valence-corrected chi connectivity index (χ2v) is 7.82. The molecule has 0 radical (unpaired) electrons. The molecule has 0 bridgehead atoms. The number of rotatable bonds is 12. The van der Waals surface area contributed by atoms with Crippen molar-refractivity contribution in [3.05, 3.63) is 24.3 Å². The fraction of sp³-hybridized carbons (Fsp3) is 0.773. The summed E-state index contributed by atoms with van der Waals surface area (Å²) < 4.78 is 4.63. The molecule has 0 amide bonds. The monoisotopic (exact) mass is 366 g/mol. The molecule has 0 saturated heterocycles. The van der Waals surface area contributed by atoms with Crippen molar-refractivity contribution >= 4 is 5.97 Å². The number of methoxy groups -OCH3 is 1. The Morgan fingerprint density at radius 2 is 2.00 bits per heavy atom. The van der Waals surface area contributed by atoms with Crippen molar-refractivity contribution in [3.8, 4) is 0 Å². The molecule has 0 aliphatic heterocycles. The second-order valence-electron chi connectivity index (χ2n) is 7.82. The molecule has 4 atom stereocenters. The number of unbranched alkanes of at least 4 members (excludes halogenated alkanes) is 3. The molecule has 0 heterocycles. The van der Waals surface area contributed by atoms with Crippen LogP contribution in [0, 0.1) is 11.8 Å². The van der Waals surface area contributed by atoms with Crippen LogP contribution in [0.2, 0.25) is 0 Å². The Kier molecular flexibility index (Phi) is 10.8. The lowest BCUT2D eigenvalue weighted by Crippen LogP contribution is -2.22. The van der Waals surface area contributed by atoms with Gasteiger partial charge in [0.2, 0.25) is 0 Å². The van der Waals surface area contributed by atoms with Gasteiger partial charge in [0.05, 0.1) is 18.8 Å². The van der Waals surface area contributed by atoms with Crippen LogP contribution in [-0.2, 0) is 9.53 Å². The third-order valence-electron chi connectivity index (χ3n) is 5.38. The summed E-state index contributed by atoms with van der Waals surface area (Å²) in [6.45, 7) is 4.04. The van der Waals surface area contributed by atoms with E-state index in [2.05, 4.69) is 29.9 Å². The Bertz CT molecular complexity index is 453. The van der Waals surface area contributed by atoms with Crippen LogP contribution in [0.15, 0.2) is 24.3 Å². The molecule has 4 heteroatoms. The maximum Gasteiger partial charge on any atom is 0.305 e. The molecule has 4 nitrogen and oxygen atoms in total. The molecule has 1 rings (SSSR count). The van der Waals surface area contributed by atoms with Gasteiger partial charge in [0.1, 0.15) is 0 Å². The van der Waals surface area contributed by atoms with E-state index in [-0.39, 0.29) is 18.0 Å². The lowest BCUT2D eigenvalue weighted by atomic mass is 9.88. The van der Waals surface area contributed by atoms with Gasteiger partial charge in [-0.15, -0.1) is 0 Å². The number of ether oxygens (including phenoxy) is 1. The van der Waals surface area contributed by atoms with Crippen LogP contribution in [0.4, 0.5) is 0 Å². The molecule has 26 heavy (non-hydrogen) atoms. The summed E-state index contributed by atoms with van der Waals surface area (Å²) in [6, 6.07) is 0. The average molecular weight is 367 g/mol. The summed E-state index contributed by atoms with van der Waals surface area (Å²) in [6.07, 6.45) is 16.9. The maximum atomic E-state index is 11.1. The van der Waals surface area contributed by atoms with Crippen LogP contribution in [0.25, 0.3) is 0 Å². The quantitative estimate of drug-likeness (QED) is 0.302. The molecule has 2 N–H and O–H groups in total. The maximum absolute atomic E-state index is 11.1. The first kappa shape index (κ1) is 22.9.